The molecule has 7 heteroatoms. The lowest BCUT2D eigenvalue weighted by molar-refractivity contribution is -0.161. The summed E-state index contributed by atoms with van der Waals surface area (Å²) >= 11 is 0. The molecule has 0 aliphatic heterocycles. The quantitative estimate of drug-likeness (QED) is 0.447. The van der Waals surface area contributed by atoms with Gasteiger partial charge >= 0.3 is 18.1 Å². The van der Waals surface area contributed by atoms with Crippen LogP contribution in [0.25, 0.3) is 0 Å². The highest BCUT2D eigenvalue weighted by molar-refractivity contribution is 5.73. The number of esters is 2. The van der Waals surface area contributed by atoms with Crippen LogP contribution >= 0.6 is 0 Å². The first kappa shape index (κ1) is 21.9. The Morgan fingerprint density at radius 2 is 1.24 bits per heavy atom. The molecule has 0 radical (unpaired) electrons. The zero-order valence-corrected chi connectivity index (χ0v) is 16.2. The second-order valence-electron chi connectivity index (χ2n) is 6.11. The lowest BCUT2D eigenvalue weighted by Gasteiger charge is -2.18. The molecule has 0 saturated heterocycles. The largest absolute Gasteiger partial charge is 0.508 e. The van der Waals surface area contributed by atoms with Gasteiger partial charge in [-0.25, -0.2) is 4.79 Å². The van der Waals surface area contributed by atoms with Crippen molar-refractivity contribution in [2.45, 2.75) is 25.9 Å². The molecule has 0 aliphatic rings. The van der Waals surface area contributed by atoms with Gasteiger partial charge in [0.05, 0.1) is 19.4 Å². The van der Waals surface area contributed by atoms with Crippen molar-refractivity contribution in [1.82, 2.24) is 0 Å². The predicted molar refractivity (Wildman–Crippen MR) is 104 cm³/mol. The van der Waals surface area contributed by atoms with Gasteiger partial charge in [0, 0.05) is 0 Å². The molecule has 0 saturated carbocycles. The van der Waals surface area contributed by atoms with Crippen molar-refractivity contribution >= 4 is 18.1 Å². The van der Waals surface area contributed by atoms with Crippen LogP contribution in [0.3, 0.4) is 0 Å². The molecule has 0 fully saturated rings. The summed E-state index contributed by atoms with van der Waals surface area (Å²) in [6.45, 7) is 1.29. The third-order valence-corrected chi connectivity index (χ3v) is 3.76. The standard InChI is InChI=1S/C22H24O7/c1-2-26-22(25)28-16-19(29-21(24)14-18-11-7-4-8-12-18)15-27-20(23)13-17-9-5-3-6-10-17/h3-12,19H,2,13-16H2,1H3. The third-order valence-electron chi connectivity index (χ3n) is 3.76. The van der Waals surface area contributed by atoms with E-state index in [1.54, 1.807) is 19.1 Å². The normalized spacial score (nSPS) is 11.2. The van der Waals surface area contributed by atoms with E-state index in [1.807, 2.05) is 48.5 Å². The van der Waals surface area contributed by atoms with E-state index in [4.69, 9.17) is 14.2 Å². The van der Waals surface area contributed by atoms with Crippen molar-refractivity contribution < 1.29 is 33.3 Å². The van der Waals surface area contributed by atoms with Crippen molar-refractivity contribution in [3.63, 3.8) is 0 Å². The first-order chi connectivity index (χ1) is 14.1. The second-order valence-corrected chi connectivity index (χ2v) is 6.11. The summed E-state index contributed by atoms with van der Waals surface area (Å²) in [5.74, 6) is -0.996. The first-order valence-electron chi connectivity index (χ1n) is 9.29. The van der Waals surface area contributed by atoms with Gasteiger partial charge in [-0.3, -0.25) is 9.59 Å². The fourth-order valence-corrected chi connectivity index (χ4v) is 2.43. The maximum atomic E-state index is 12.2. The summed E-state index contributed by atoms with van der Waals surface area (Å²) in [6.07, 6.45) is -1.68. The molecular weight excluding hydrogens is 376 g/mol. The van der Waals surface area contributed by atoms with Crippen LogP contribution in [-0.4, -0.2) is 44.0 Å². The van der Waals surface area contributed by atoms with E-state index in [9.17, 15) is 14.4 Å². The van der Waals surface area contributed by atoms with Crippen molar-refractivity contribution in [2.24, 2.45) is 0 Å². The lowest BCUT2D eigenvalue weighted by atomic mass is 10.1. The van der Waals surface area contributed by atoms with Crippen LogP contribution in [0.1, 0.15) is 18.1 Å². The molecule has 2 aromatic rings. The smallest absolute Gasteiger partial charge is 0.461 e. The summed E-state index contributed by atoms with van der Waals surface area (Å²) in [4.78, 5) is 35.6. The minimum Gasteiger partial charge on any atom is -0.461 e. The zero-order valence-electron chi connectivity index (χ0n) is 16.2. The molecule has 29 heavy (non-hydrogen) atoms. The summed E-state index contributed by atoms with van der Waals surface area (Å²) in [5, 5.41) is 0. The van der Waals surface area contributed by atoms with Crippen LogP contribution in [0.4, 0.5) is 4.79 Å². The summed E-state index contributed by atoms with van der Waals surface area (Å²) in [5.41, 5.74) is 1.58. The lowest BCUT2D eigenvalue weighted by Crippen LogP contribution is -2.31. The number of hydrogen-bond donors (Lipinski definition) is 0. The highest BCUT2D eigenvalue weighted by atomic mass is 16.7. The van der Waals surface area contributed by atoms with E-state index in [0.29, 0.717) is 0 Å². The molecule has 1 unspecified atom stereocenters. The van der Waals surface area contributed by atoms with Gasteiger partial charge < -0.3 is 18.9 Å². The Bertz CT molecular complexity index is 774. The average molecular weight is 400 g/mol. The highest BCUT2D eigenvalue weighted by Gasteiger charge is 2.20. The first-order valence-corrected chi connectivity index (χ1v) is 9.29. The molecule has 1 atom stereocenters. The topological polar surface area (TPSA) is 88.1 Å². The van der Waals surface area contributed by atoms with Gasteiger partial charge in [-0.05, 0) is 18.1 Å². The predicted octanol–water partition coefficient (Wildman–Crippen LogP) is 3.10. The van der Waals surface area contributed by atoms with Crippen molar-refractivity contribution in [3.05, 3.63) is 71.8 Å². The third kappa shape index (κ3) is 8.92. The van der Waals surface area contributed by atoms with Crippen molar-refractivity contribution in [2.75, 3.05) is 19.8 Å². The number of rotatable bonds is 10. The molecule has 2 aromatic carbocycles. The van der Waals surface area contributed by atoms with Gasteiger partial charge in [-0.2, -0.15) is 0 Å². The Hall–Kier alpha value is -3.35. The number of carbonyl (C=O) groups excluding carboxylic acids is 3. The Morgan fingerprint density at radius 3 is 1.79 bits per heavy atom. The van der Waals surface area contributed by atoms with Gasteiger partial charge in [0.15, 0.2) is 6.10 Å². The SMILES string of the molecule is CCOC(=O)OCC(COC(=O)Cc1ccccc1)OC(=O)Cc1ccccc1. The van der Waals surface area contributed by atoms with Gasteiger partial charge in [-0.15, -0.1) is 0 Å². The van der Waals surface area contributed by atoms with E-state index in [1.165, 1.54) is 0 Å². The van der Waals surface area contributed by atoms with Crippen molar-refractivity contribution in [1.29, 1.82) is 0 Å². The Balaban J connectivity index is 1.88. The van der Waals surface area contributed by atoms with Gasteiger partial charge in [0.1, 0.15) is 13.2 Å². The number of ether oxygens (including phenoxy) is 4. The Morgan fingerprint density at radius 1 is 0.724 bits per heavy atom. The summed E-state index contributed by atoms with van der Waals surface area (Å²) in [7, 11) is 0. The van der Waals surface area contributed by atoms with Crippen LogP contribution in [0, 0.1) is 0 Å². The van der Waals surface area contributed by atoms with Gasteiger partial charge in [0.2, 0.25) is 0 Å². The van der Waals surface area contributed by atoms with E-state index in [0.717, 1.165) is 11.1 Å². The molecule has 7 nitrogen and oxygen atoms in total. The Labute approximate surface area is 169 Å². The van der Waals surface area contributed by atoms with E-state index >= 15 is 0 Å². The minimum atomic E-state index is -0.935. The maximum absolute atomic E-state index is 12.2. The highest BCUT2D eigenvalue weighted by Crippen LogP contribution is 2.06. The van der Waals surface area contributed by atoms with Crippen LogP contribution in [0.2, 0.25) is 0 Å². The van der Waals surface area contributed by atoms with Crippen molar-refractivity contribution in [3.8, 4) is 0 Å². The number of carbonyl (C=O) groups is 3. The molecule has 0 amide bonds. The average Bonchev–Trinajstić information content (AvgIpc) is 2.71. The molecule has 0 bridgehead atoms. The second kappa shape index (κ2) is 12.2. The zero-order chi connectivity index (χ0) is 20.9. The molecular formula is C22H24O7. The maximum Gasteiger partial charge on any atom is 0.508 e. The molecule has 154 valence electrons. The van der Waals surface area contributed by atoms with Gasteiger partial charge in [0.25, 0.3) is 0 Å². The molecule has 0 heterocycles. The van der Waals surface area contributed by atoms with Crippen LogP contribution in [0.15, 0.2) is 60.7 Å². The summed E-state index contributed by atoms with van der Waals surface area (Å²) < 4.78 is 20.1. The molecule has 0 aliphatic carbocycles. The Kier molecular flexibility index (Phi) is 9.21. The number of hydrogen-bond acceptors (Lipinski definition) is 7. The van der Waals surface area contributed by atoms with E-state index in [2.05, 4.69) is 4.74 Å². The molecule has 2 rings (SSSR count). The summed E-state index contributed by atoms with van der Waals surface area (Å²) in [6, 6.07) is 18.2. The van der Waals surface area contributed by atoms with Gasteiger partial charge in [-0.1, -0.05) is 60.7 Å². The minimum absolute atomic E-state index is 0.0503. The number of benzene rings is 2. The van der Waals surface area contributed by atoms with E-state index < -0.39 is 24.2 Å². The molecule has 0 aromatic heterocycles. The molecule has 0 N–H and O–H groups in total. The van der Waals surface area contributed by atoms with Crippen LogP contribution in [-0.2, 0) is 41.4 Å². The fourth-order valence-electron chi connectivity index (χ4n) is 2.43. The van der Waals surface area contributed by atoms with E-state index in [-0.39, 0.29) is 32.7 Å². The monoisotopic (exact) mass is 400 g/mol. The molecule has 0 spiro atoms. The van der Waals surface area contributed by atoms with Crippen LogP contribution in [0.5, 0.6) is 0 Å². The van der Waals surface area contributed by atoms with Crippen LogP contribution < -0.4 is 0 Å². The fraction of sp³-hybridized carbons (Fsp3) is 0.318.